The van der Waals surface area contributed by atoms with Crippen LogP contribution in [-0.4, -0.2) is 57.8 Å². The van der Waals surface area contributed by atoms with E-state index < -0.39 is 38.2 Å². The summed E-state index contributed by atoms with van der Waals surface area (Å²) >= 11 is 0. The number of carbonyl (C=O) groups excluding carboxylic acids is 2. The minimum Gasteiger partial charge on any atom is -0.454 e. The molecule has 1 fully saturated rings. The van der Waals surface area contributed by atoms with Crippen molar-refractivity contribution in [3.05, 3.63) is 52.3 Å². The van der Waals surface area contributed by atoms with Gasteiger partial charge in [-0.25, -0.2) is 26.4 Å². The molecule has 9 nitrogen and oxygen atoms in total. The number of ketones is 1. The second kappa shape index (κ2) is 9.40. The van der Waals surface area contributed by atoms with E-state index in [1.807, 2.05) is 4.57 Å². The quantitative estimate of drug-likeness (QED) is 0.438. The van der Waals surface area contributed by atoms with Crippen LogP contribution in [-0.2, 0) is 24.6 Å². The fourth-order valence-electron chi connectivity index (χ4n) is 4.15. The summed E-state index contributed by atoms with van der Waals surface area (Å²) in [5.74, 6) is -1.06. The number of aryl methyl sites for hydroxylation is 2. The number of sulfone groups is 1. The van der Waals surface area contributed by atoms with Crippen molar-refractivity contribution >= 4 is 31.6 Å². The summed E-state index contributed by atoms with van der Waals surface area (Å²) < 4.78 is 57.6. The Kier molecular flexibility index (Phi) is 7.15. The molecule has 0 amide bonds. The molecule has 2 heterocycles. The Morgan fingerprint density at radius 2 is 1.85 bits per heavy atom. The number of carbonyl (C=O) groups is 2. The SMILES string of the molecule is CCNS(=O)(=O)c1ccc(C)c(C(=O)OCC(=O)c2cc(C)n(C3CCS(=O)(=O)C3)c2C)c1. The molecule has 1 saturated heterocycles. The first-order valence-corrected chi connectivity index (χ1v) is 13.9. The van der Waals surface area contributed by atoms with Crippen molar-refractivity contribution in [3.8, 4) is 0 Å². The highest BCUT2D eigenvalue weighted by molar-refractivity contribution is 7.91. The van der Waals surface area contributed by atoms with Crippen LogP contribution in [0.3, 0.4) is 0 Å². The molecule has 1 aliphatic heterocycles. The van der Waals surface area contributed by atoms with E-state index in [9.17, 15) is 26.4 Å². The topological polar surface area (TPSA) is 129 Å². The summed E-state index contributed by atoms with van der Waals surface area (Å²) in [4.78, 5) is 25.3. The van der Waals surface area contributed by atoms with Crippen molar-refractivity contribution < 1.29 is 31.2 Å². The molecule has 0 bridgehead atoms. The number of esters is 1. The van der Waals surface area contributed by atoms with Crippen molar-refractivity contribution in [2.24, 2.45) is 0 Å². The Bertz CT molecular complexity index is 1310. The maximum Gasteiger partial charge on any atom is 0.338 e. The van der Waals surface area contributed by atoms with Gasteiger partial charge in [-0.05, 0) is 51.0 Å². The van der Waals surface area contributed by atoms with E-state index in [2.05, 4.69) is 4.72 Å². The third-order valence-electron chi connectivity index (χ3n) is 5.77. The number of ether oxygens (including phenoxy) is 1. The number of benzene rings is 1. The first-order chi connectivity index (χ1) is 15.4. The molecule has 2 aromatic rings. The predicted molar refractivity (Wildman–Crippen MR) is 123 cm³/mol. The second-order valence-electron chi connectivity index (χ2n) is 8.19. The number of nitrogens with zero attached hydrogens (tertiary/aromatic N) is 1. The largest absolute Gasteiger partial charge is 0.454 e. The third kappa shape index (κ3) is 5.36. The van der Waals surface area contributed by atoms with Crippen LogP contribution in [0.4, 0.5) is 0 Å². The van der Waals surface area contributed by atoms with Gasteiger partial charge in [-0.15, -0.1) is 0 Å². The van der Waals surface area contributed by atoms with Crippen LogP contribution in [0.15, 0.2) is 29.2 Å². The first-order valence-electron chi connectivity index (χ1n) is 10.6. The Morgan fingerprint density at radius 3 is 2.45 bits per heavy atom. The Hall–Kier alpha value is -2.50. The molecule has 0 radical (unpaired) electrons. The molecule has 33 heavy (non-hydrogen) atoms. The predicted octanol–water partition coefficient (Wildman–Crippen LogP) is 2.11. The average Bonchev–Trinajstić information content (AvgIpc) is 3.23. The smallest absolute Gasteiger partial charge is 0.338 e. The van der Waals surface area contributed by atoms with Gasteiger partial charge in [0.1, 0.15) is 0 Å². The standard InChI is InChI=1S/C22H28N2O7S2/c1-5-23-33(29,30)18-7-6-14(2)19(11-18)22(26)31-12-21(25)20-10-15(3)24(16(20)4)17-8-9-32(27,28)13-17/h6-7,10-11,17,23H,5,8-9,12-13H2,1-4H3. The number of nitrogens with one attached hydrogen (secondary N) is 1. The molecule has 1 atom stereocenters. The van der Waals surface area contributed by atoms with Gasteiger partial charge in [0.25, 0.3) is 0 Å². The van der Waals surface area contributed by atoms with Crippen molar-refractivity contribution in [1.29, 1.82) is 0 Å². The van der Waals surface area contributed by atoms with Gasteiger partial charge in [-0.3, -0.25) is 4.79 Å². The van der Waals surface area contributed by atoms with Crippen LogP contribution >= 0.6 is 0 Å². The third-order valence-corrected chi connectivity index (χ3v) is 9.06. The van der Waals surface area contributed by atoms with Crippen LogP contribution in [0.25, 0.3) is 0 Å². The maximum absolute atomic E-state index is 12.8. The summed E-state index contributed by atoms with van der Waals surface area (Å²) in [5.41, 5.74) is 2.34. The molecule has 11 heteroatoms. The summed E-state index contributed by atoms with van der Waals surface area (Å²) in [6.45, 7) is 6.53. The van der Waals surface area contributed by atoms with Gasteiger partial charge in [-0.2, -0.15) is 0 Å². The summed E-state index contributed by atoms with van der Waals surface area (Å²) in [6.07, 6.45) is 0.493. The zero-order chi connectivity index (χ0) is 24.6. The fraction of sp³-hybridized carbons (Fsp3) is 0.455. The highest BCUT2D eigenvalue weighted by atomic mass is 32.2. The van der Waals surface area contributed by atoms with Gasteiger partial charge in [0.05, 0.1) is 22.0 Å². The maximum atomic E-state index is 12.8. The molecule has 1 unspecified atom stereocenters. The highest BCUT2D eigenvalue weighted by Gasteiger charge is 2.32. The number of sulfonamides is 1. The molecule has 1 aromatic heterocycles. The van der Waals surface area contributed by atoms with E-state index in [1.54, 1.807) is 33.8 Å². The summed E-state index contributed by atoms with van der Waals surface area (Å²) in [5, 5.41) is 0. The van der Waals surface area contributed by atoms with Crippen molar-refractivity contribution in [1.82, 2.24) is 9.29 Å². The molecular formula is C22H28N2O7S2. The lowest BCUT2D eigenvalue weighted by Crippen LogP contribution is -2.23. The van der Waals surface area contributed by atoms with Crippen LogP contribution in [0.2, 0.25) is 0 Å². The van der Waals surface area contributed by atoms with E-state index in [4.69, 9.17) is 4.74 Å². The van der Waals surface area contributed by atoms with E-state index >= 15 is 0 Å². The van der Waals surface area contributed by atoms with E-state index in [0.717, 1.165) is 5.69 Å². The van der Waals surface area contributed by atoms with Crippen LogP contribution in [0.1, 0.15) is 57.1 Å². The molecule has 0 saturated carbocycles. The van der Waals surface area contributed by atoms with Gasteiger partial charge in [0.15, 0.2) is 16.4 Å². The molecule has 3 rings (SSSR count). The number of hydrogen-bond donors (Lipinski definition) is 1. The van der Waals surface area contributed by atoms with Crippen molar-refractivity contribution in [3.63, 3.8) is 0 Å². The molecule has 0 aliphatic carbocycles. The van der Waals surface area contributed by atoms with E-state index in [-0.39, 0.29) is 34.6 Å². The summed E-state index contributed by atoms with van der Waals surface area (Å²) in [6, 6.07) is 5.58. The Labute approximate surface area is 194 Å². The molecule has 180 valence electrons. The second-order valence-corrected chi connectivity index (χ2v) is 12.2. The van der Waals surface area contributed by atoms with Gasteiger partial charge >= 0.3 is 5.97 Å². The monoisotopic (exact) mass is 496 g/mol. The van der Waals surface area contributed by atoms with Crippen LogP contribution in [0, 0.1) is 20.8 Å². The van der Waals surface area contributed by atoms with Crippen molar-refractivity contribution in [2.45, 2.75) is 45.1 Å². The van der Waals surface area contributed by atoms with Gasteiger partial charge < -0.3 is 9.30 Å². The van der Waals surface area contributed by atoms with Crippen LogP contribution < -0.4 is 4.72 Å². The average molecular weight is 497 g/mol. The number of aromatic nitrogens is 1. The zero-order valence-electron chi connectivity index (χ0n) is 19.0. The summed E-state index contributed by atoms with van der Waals surface area (Å²) in [7, 11) is -6.84. The van der Waals surface area contributed by atoms with Gasteiger partial charge in [-0.1, -0.05) is 13.0 Å². The molecular weight excluding hydrogens is 468 g/mol. The molecule has 1 N–H and O–H groups in total. The number of rotatable bonds is 8. The van der Waals surface area contributed by atoms with Crippen molar-refractivity contribution in [2.75, 3.05) is 24.7 Å². The Morgan fingerprint density at radius 1 is 1.15 bits per heavy atom. The normalized spacial score (nSPS) is 17.8. The lowest BCUT2D eigenvalue weighted by Gasteiger charge is -2.16. The minimum atomic E-state index is -3.75. The molecule has 0 spiro atoms. The lowest BCUT2D eigenvalue weighted by atomic mass is 10.1. The van der Waals surface area contributed by atoms with Crippen LogP contribution in [0.5, 0.6) is 0 Å². The zero-order valence-corrected chi connectivity index (χ0v) is 20.7. The minimum absolute atomic E-state index is 0.0391. The lowest BCUT2D eigenvalue weighted by molar-refractivity contribution is 0.0473. The van der Waals surface area contributed by atoms with Gasteiger partial charge in [0, 0.05) is 29.5 Å². The van der Waals surface area contributed by atoms with E-state index in [0.29, 0.717) is 23.2 Å². The number of hydrogen-bond acceptors (Lipinski definition) is 7. The molecule has 1 aromatic carbocycles. The van der Waals surface area contributed by atoms with Gasteiger partial charge in [0.2, 0.25) is 15.8 Å². The van der Waals surface area contributed by atoms with E-state index in [1.165, 1.54) is 18.2 Å². The molecule has 1 aliphatic rings. The number of Topliss-reactive ketones (excluding diaryl/α,β-unsaturated/α-hetero) is 1. The Balaban J connectivity index is 1.76. The first kappa shape index (κ1) is 25.1. The highest BCUT2D eigenvalue weighted by Crippen LogP contribution is 2.29. The fourth-order valence-corrected chi connectivity index (χ4v) is 6.92.